The van der Waals surface area contributed by atoms with Gasteiger partial charge in [-0.15, -0.1) is 11.3 Å². The van der Waals surface area contributed by atoms with E-state index >= 15 is 0 Å². The molecule has 2 aromatic carbocycles. The number of aromatic nitrogens is 3. The molecular formula is C29H26F5N5O4S2. The maximum absolute atomic E-state index is 14.2. The summed E-state index contributed by atoms with van der Waals surface area (Å²) in [5, 5.41) is 1.67. The van der Waals surface area contributed by atoms with Gasteiger partial charge in [0.15, 0.2) is 5.82 Å². The van der Waals surface area contributed by atoms with E-state index in [2.05, 4.69) is 4.98 Å². The van der Waals surface area contributed by atoms with Gasteiger partial charge in [-0.1, -0.05) is 12.1 Å². The molecule has 45 heavy (non-hydrogen) atoms. The number of nitrogen functional groups attached to an aromatic ring is 1. The molecule has 5 aromatic rings. The van der Waals surface area contributed by atoms with Crippen LogP contribution < -0.4 is 16.0 Å². The highest BCUT2D eigenvalue weighted by Crippen LogP contribution is 2.39. The summed E-state index contributed by atoms with van der Waals surface area (Å²) in [5.74, 6) is -0.181. The SMILES string of the molecule is COc1ccc(Cn2c(=O)c(-c3nc4cc5c(cc4n3S(=O)(=O)C(F)(F)F)CCN(CC(F)F)CC5)c(N)c3sccc32)cc1. The van der Waals surface area contributed by atoms with Gasteiger partial charge in [0.1, 0.15) is 11.3 Å². The third-order valence-corrected chi connectivity index (χ3v) is 10.3. The monoisotopic (exact) mass is 667 g/mol. The molecule has 0 bridgehead atoms. The molecule has 1 aliphatic rings. The van der Waals surface area contributed by atoms with Gasteiger partial charge in [-0.05, 0) is 65.2 Å². The zero-order chi connectivity index (χ0) is 32.3. The lowest BCUT2D eigenvalue weighted by Gasteiger charge is -2.18. The van der Waals surface area contributed by atoms with Crippen LogP contribution in [0.2, 0.25) is 0 Å². The molecule has 0 amide bonds. The number of methoxy groups -OCH3 is 1. The molecule has 6 rings (SSSR count). The Morgan fingerprint density at radius 1 is 1.04 bits per heavy atom. The molecule has 1 aliphatic heterocycles. The fraction of sp³-hybridized carbons (Fsp3) is 0.310. The average Bonchev–Trinajstić information content (AvgIpc) is 3.56. The fourth-order valence-corrected chi connectivity index (χ4v) is 7.51. The van der Waals surface area contributed by atoms with Gasteiger partial charge in [0, 0.05) is 13.1 Å². The lowest BCUT2D eigenvalue weighted by molar-refractivity contribution is -0.0444. The number of halogens is 5. The molecule has 3 aromatic heterocycles. The van der Waals surface area contributed by atoms with Crippen LogP contribution in [-0.2, 0) is 29.4 Å². The maximum Gasteiger partial charge on any atom is 0.517 e. The van der Waals surface area contributed by atoms with Crippen molar-refractivity contribution in [2.75, 3.05) is 32.5 Å². The molecule has 0 radical (unpaired) electrons. The highest BCUT2D eigenvalue weighted by molar-refractivity contribution is 7.91. The Morgan fingerprint density at radius 3 is 2.33 bits per heavy atom. The van der Waals surface area contributed by atoms with Crippen molar-refractivity contribution < 1.29 is 35.1 Å². The summed E-state index contributed by atoms with van der Waals surface area (Å²) in [6.07, 6.45) is -2.07. The van der Waals surface area contributed by atoms with E-state index in [0.29, 0.717) is 39.1 Å². The first-order valence-corrected chi connectivity index (χ1v) is 16.0. The fourth-order valence-electron chi connectivity index (χ4n) is 5.68. The topological polar surface area (TPSA) is 112 Å². The first-order valence-electron chi connectivity index (χ1n) is 13.7. The third-order valence-electron chi connectivity index (χ3n) is 7.89. The van der Waals surface area contributed by atoms with E-state index in [0.717, 1.165) is 11.3 Å². The second kappa shape index (κ2) is 11.4. The summed E-state index contributed by atoms with van der Waals surface area (Å²) in [6.45, 7) is 0.0140. The predicted molar refractivity (Wildman–Crippen MR) is 162 cm³/mol. The van der Waals surface area contributed by atoms with Crippen LogP contribution in [0, 0.1) is 0 Å². The Morgan fingerprint density at radius 2 is 1.71 bits per heavy atom. The Balaban J connectivity index is 1.59. The number of thiophene rings is 1. The van der Waals surface area contributed by atoms with Crippen LogP contribution in [0.1, 0.15) is 16.7 Å². The molecule has 0 saturated carbocycles. The summed E-state index contributed by atoms with van der Waals surface area (Å²) >= 11 is 1.14. The number of imidazole rings is 1. The Labute approximate surface area is 257 Å². The second-order valence-electron chi connectivity index (χ2n) is 10.6. The van der Waals surface area contributed by atoms with Crippen molar-refractivity contribution in [3.63, 3.8) is 0 Å². The van der Waals surface area contributed by atoms with Crippen molar-refractivity contribution in [2.45, 2.75) is 31.3 Å². The number of ether oxygens (including phenoxy) is 1. The van der Waals surface area contributed by atoms with Crippen molar-refractivity contribution in [1.29, 1.82) is 0 Å². The summed E-state index contributed by atoms with van der Waals surface area (Å²) < 4.78 is 102. The zero-order valence-electron chi connectivity index (χ0n) is 23.6. The van der Waals surface area contributed by atoms with E-state index in [-0.39, 0.29) is 41.2 Å². The number of nitrogens with two attached hydrogens (primary N) is 1. The Bertz CT molecular complexity index is 2090. The second-order valence-corrected chi connectivity index (χ2v) is 13.3. The van der Waals surface area contributed by atoms with E-state index in [1.54, 1.807) is 35.7 Å². The molecule has 4 heterocycles. The van der Waals surface area contributed by atoms with Gasteiger partial charge in [0.05, 0.1) is 47.1 Å². The first-order chi connectivity index (χ1) is 21.3. The summed E-state index contributed by atoms with van der Waals surface area (Å²) in [4.78, 5) is 20.0. The van der Waals surface area contributed by atoms with E-state index in [4.69, 9.17) is 10.5 Å². The molecular weight excluding hydrogens is 641 g/mol. The van der Waals surface area contributed by atoms with Crippen molar-refractivity contribution in [3.8, 4) is 17.1 Å². The minimum Gasteiger partial charge on any atom is -0.497 e. The molecule has 0 spiro atoms. The predicted octanol–water partition coefficient (Wildman–Crippen LogP) is 5.08. The number of hydrogen-bond donors (Lipinski definition) is 1. The van der Waals surface area contributed by atoms with Crippen molar-refractivity contribution in [1.82, 2.24) is 18.4 Å². The number of pyridine rings is 1. The number of anilines is 1. The van der Waals surface area contributed by atoms with E-state index < -0.39 is 51.0 Å². The normalized spacial score (nSPS) is 14.7. The molecule has 0 atom stereocenters. The van der Waals surface area contributed by atoms with Crippen molar-refractivity contribution in [2.24, 2.45) is 0 Å². The quantitative estimate of drug-likeness (QED) is 0.241. The van der Waals surface area contributed by atoms with Crippen LogP contribution in [0.3, 0.4) is 0 Å². The number of hydrogen-bond acceptors (Lipinski definition) is 8. The highest BCUT2D eigenvalue weighted by atomic mass is 32.2. The van der Waals surface area contributed by atoms with Crippen LogP contribution in [0.5, 0.6) is 5.75 Å². The van der Waals surface area contributed by atoms with Gasteiger partial charge >= 0.3 is 15.5 Å². The van der Waals surface area contributed by atoms with Gasteiger partial charge in [0.2, 0.25) is 0 Å². The largest absolute Gasteiger partial charge is 0.517 e. The molecule has 16 heteroatoms. The number of alkyl halides is 5. The summed E-state index contributed by atoms with van der Waals surface area (Å²) in [5.41, 5.74) is 0.890. The van der Waals surface area contributed by atoms with Crippen LogP contribution in [0.15, 0.2) is 52.6 Å². The Kier molecular flexibility index (Phi) is 7.85. The lowest BCUT2D eigenvalue weighted by atomic mass is 10.0. The highest BCUT2D eigenvalue weighted by Gasteiger charge is 2.49. The minimum atomic E-state index is -6.12. The average molecular weight is 668 g/mol. The third kappa shape index (κ3) is 5.44. The number of benzene rings is 2. The van der Waals surface area contributed by atoms with Crippen molar-refractivity contribution in [3.05, 3.63) is 74.9 Å². The maximum atomic E-state index is 14.2. The van der Waals surface area contributed by atoms with Gasteiger partial charge in [-0.25, -0.2) is 17.7 Å². The first kappa shape index (κ1) is 31.0. The van der Waals surface area contributed by atoms with Gasteiger partial charge in [-0.2, -0.15) is 21.6 Å². The smallest absolute Gasteiger partial charge is 0.497 e. The number of fused-ring (bicyclic) bond motifs is 3. The summed E-state index contributed by atoms with van der Waals surface area (Å²) in [6, 6.07) is 11.2. The molecule has 2 N–H and O–H groups in total. The van der Waals surface area contributed by atoms with E-state index in [9.17, 15) is 35.2 Å². The minimum absolute atomic E-state index is 0.000988. The molecule has 0 aliphatic carbocycles. The van der Waals surface area contributed by atoms with E-state index in [1.165, 1.54) is 28.7 Å². The Hall–Kier alpha value is -4.02. The van der Waals surface area contributed by atoms with Gasteiger partial charge in [0.25, 0.3) is 12.0 Å². The molecule has 238 valence electrons. The van der Waals surface area contributed by atoms with Crippen LogP contribution >= 0.6 is 11.3 Å². The lowest BCUT2D eigenvalue weighted by Crippen LogP contribution is -2.32. The molecule has 0 unspecified atom stereocenters. The molecule has 9 nitrogen and oxygen atoms in total. The molecule has 0 fully saturated rings. The summed E-state index contributed by atoms with van der Waals surface area (Å²) in [7, 11) is -4.62. The number of nitrogens with zero attached hydrogens (tertiary/aromatic N) is 4. The van der Waals surface area contributed by atoms with Crippen LogP contribution in [0.25, 0.3) is 32.6 Å². The zero-order valence-corrected chi connectivity index (χ0v) is 25.3. The molecule has 0 saturated heterocycles. The standard InChI is InChI=1S/C29H26F5N5O4S2/c1-43-19-4-2-16(3-5-19)14-38-21-8-11-44-26(21)25(35)24(28(38)40)27-36-20-12-17-6-9-37(15-23(30)31)10-7-18(17)13-22(20)39(27)45(41,42)29(32,33)34/h2-5,8,11-13,23H,6-7,9-10,14-15,35H2,1H3. The van der Waals surface area contributed by atoms with Crippen LogP contribution in [0.4, 0.5) is 27.6 Å². The van der Waals surface area contributed by atoms with Crippen molar-refractivity contribution >= 4 is 48.3 Å². The van der Waals surface area contributed by atoms with E-state index in [1.807, 2.05) is 0 Å². The number of rotatable bonds is 7. The van der Waals surface area contributed by atoms with Gasteiger partial charge in [-0.3, -0.25) is 9.69 Å². The van der Waals surface area contributed by atoms with Crippen LogP contribution in [-0.4, -0.2) is 65.5 Å². The van der Waals surface area contributed by atoms with Gasteiger partial charge < -0.3 is 15.0 Å².